The first-order chi connectivity index (χ1) is 8.52. The van der Waals surface area contributed by atoms with Gasteiger partial charge in [0, 0.05) is 7.05 Å². The van der Waals surface area contributed by atoms with E-state index in [0.717, 1.165) is 11.1 Å². The van der Waals surface area contributed by atoms with Crippen LogP contribution in [0.4, 0.5) is 0 Å². The molecule has 5 heteroatoms. The summed E-state index contributed by atoms with van der Waals surface area (Å²) in [5.74, 6) is -1.26. The van der Waals surface area contributed by atoms with Crippen LogP contribution in [0.2, 0.25) is 0 Å². The fourth-order valence-corrected chi connectivity index (χ4v) is 2.21. The Bertz CT molecular complexity index is 486. The molecule has 0 unspecified atom stereocenters. The zero-order valence-corrected chi connectivity index (χ0v) is 10.3. The molecular weight excluding hydrogens is 234 g/mol. The average molecular weight is 249 g/mol. The molecule has 2 atom stereocenters. The largest absolute Gasteiger partial charge is 0.479 e. The number of aliphatic carboxylic acids is 1. The Morgan fingerprint density at radius 3 is 2.72 bits per heavy atom. The molecule has 0 radical (unpaired) electrons. The number of ether oxygens (including phenoxy) is 1. The molecule has 1 N–H and O–H groups in total. The van der Waals surface area contributed by atoms with Crippen LogP contribution >= 0.6 is 0 Å². The van der Waals surface area contributed by atoms with Gasteiger partial charge in [0.1, 0.15) is 6.61 Å². The second-order valence-electron chi connectivity index (χ2n) is 4.38. The first-order valence-corrected chi connectivity index (χ1v) is 5.68. The summed E-state index contributed by atoms with van der Waals surface area (Å²) < 4.78 is 5.15. The highest BCUT2D eigenvalue weighted by molar-refractivity contribution is 5.82. The maximum absolute atomic E-state index is 11.7. The first kappa shape index (κ1) is 12.6. The molecule has 1 heterocycles. The van der Waals surface area contributed by atoms with Gasteiger partial charge in [-0.15, -0.1) is 0 Å². The molecule has 1 amide bonds. The van der Waals surface area contributed by atoms with Gasteiger partial charge in [0.25, 0.3) is 0 Å². The first-order valence-electron chi connectivity index (χ1n) is 5.68. The van der Waals surface area contributed by atoms with Crippen LogP contribution in [0.15, 0.2) is 24.3 Å². The van der Waals surface area contributed by atoms with E-state index in [9.17, 15) is 14.7 Å². The molecule has 96 valence electrons. The lowest BCUT2D eigenvalue weighted by molar-refractivity contribution is -0.171. The van der Waals surface area contributed by atoms with Gasteiger partial charge in [-0.1, -0.05) is 24.3 Å². The predicted octanol–water partition coefficient (Wildman–Crippen LogP) is 0.978. The summed E-state index contributed by atoms with van der Waals surface area (Å²) in [7, 11) is 1.61. The lowest BCUT2D eigenvalue weighted by Crippen LogP contribution is -2.50. The van der Waals surface area contributed by atoms with Gasteiger partial charge in [-0.2, -0.15) is 0 Å². The Morgan fingerprint density at radius 2 is 2.11 bits per heavy atom. The van der Waals surface area contributed by atoms with E-state index in [2.05, 4.69) is 0 Å². The summed E-state index contributed by atoms with van der Waals surface area (Å²) in [4.78, 5) is 24.4. The smallest absolute Gasteiger partial charge is 0.335 e. The summed E-state index contributed by atoms with van der Waals surface area (Å²) >= 11 is 0. The van der Waals surface area contributed by atoms with E-state index in [-0.39, 0.29) is 12.5 Å². The van der Waals surface area contributed by atoms with Gasteiger partial charge in [0.2, 0.25) is 5.91 Å². The molecule has 0 aromatic heterocycles. The highest BCUT2D eigenvalue weighted by Gasteiger charge is 2.40. The van der Waals surface area contributed by atoms with Crippen molar-refractivity contribution in [3.63, 3.8) is 0 Å². The molecule has 1 saturated heterocycles. The van der Waals surface area contributed by atoms with Crippen molar-refractivity contribution in [2.24, 2.45) is 0 Å². The van der Waals surface area contributed by atoms with Crippen LogP contribution in [0.1, 0.15) is 17.2 Å². The van der Waals surface area contributed by atoms with Gasteiger partial charge >= 0.3 is 5.97 Å². The summed E-state index contributed by atoms with van der Waals surface area (Å²) in [6.45, 7) is 1.71. The van der Waals surface area contributed by atoms with E-state index in [0.29, 0.717) is 0 Å². The molecule has 2 rings (SSSR count). The van der Waals surface area contributed by atoms with Crippen LogP contribution in [-0.2, 0) is 14.3 Å². The number of amides is 1. The molecule has 1 aromatic carbocycles. The molecular formula is C13H15NO4. The van der Waals surface area contributed by atoms with E-state index in [4.69, 9.17) is 4.74 Å². The van der Waals surface area contributed by atoms with Gasteiger partial charge < -0.3 is 14.7 Å². The van der Waals surface area contributed by atoms with Crippen molar-refractivity contribution < 1.29 is 19.4 Å². The van der Waals surface area contributed by atoms with Gasteiger partial charge in [-0.25, -0.2) is 4.79 Å². The van der Waals surface area contributed by atoms with Crippen molar-refractivity contribution in [1.82, 2.24) is 4.90 Å². The number of carboxylic acid groups (broad SMARTS) is 1. The van der Waals surface area contributed by atoms with E-state index in [1.54, 1.807) is 7.05 Å². The quantitative estimate of drug-likeness (QED) is 0.848. The molecule has 0 aliphatic carbocycles. The summed E-state index contributed by atoms with van der Waals surface area (Å²) in [5.41, 5.74) is 1.75. The van der Waals surface area contributed by atoms with Crippen molar-refractivity contribution in [2.75, 3.05) is 13.7 Å². The Kier molecular flexibility index (Phi) is 3.34. The van der Waals surface area contributed by atoms with E-state index in [1.807, 2.05) is 31.2 Å². The van der Waals surface area contributed by atoms with E-state index >= 15 is 0 Å². The Morgan fingerprint density at radius 1 is 1.44 bits per heavy atom. The van der Waals surface area contributed by atoms with Crippen LogP contribution in [0.25, 0.3) is 0 Å². The van der Waals surface area contributed by atoms with Crippen LogP contribution < -0.4 is 0 Å². The van der Waals surface area contributed by atoms with Crippen molar-refractivity contribution in [1.29, 1.82) is 0 Å². The molecule has 1 fully saturated rings. The second-order valence-corrected chi connectivity index (χ2v) is 4.38. The molecule has 0 saturated carbocycles. The molecule has 18 heavy (non-hydrogen) atoms. The molecule has 5 nitrogen and oxygen atoms in total. The number of carbonyl (C=O) groups excluding carboxylic acids is 1. The van der Waals surface area contributed by atoms with Crippen LogP contribution in [0, 0.1) is 6.92 Å². The van der Waals surface area contributed by atoms with Gasteiger partial charge in [0.15, 0.2) is 6.10 Å². The fourth-order valence-electron chi connectivity index (χ4n) is 2.21. The van der Waals surface area contributed by atoms with Crippen LogP contribution in [0.3, 0.4) is 0 Å². The van der Waals surface area contributed by atoms with E-state index in [1.165, 1.54) is 4.90 Å². The number of morpholine rings is 1. The highest BCUT2D eigenvalue weighted by atomic mass is 16.5. The Labute approximate surface area is 105 Å². The number of carbonyl (C=O) groups is 2. The van der Waals surface area contributed by atoms with E-state index < -0.39 is 18.1 Å². The number of benzene rings is 1. The minimum absolute atomic E-state index is 0.185. The molecule has 1 aliphatic heterocycles. The van der Waals surface area contributed by atoms with Gasteiger partial charge in [-0.05, 0) is 18.1 Å². The number of hydrogen-bond donors (Lipinski definition) is 1. The van der Waals surface area contributed by atoms with Crippen LogP contribution in [0.5, 0.6) is 0 Å². The highest BCUT2D eigenvalue weighted by Crippen LogP contribution is 2.31. The normalized spacial score (nSPS) is 24.1. The number of rotatable bonds is 2. The lowest BCUT2D eigenvalue weighted by Gasteiger charge is -2.37. The zero-order valence-electron chi connectivity index (χ0n) is 10.3. The third kappa shape index (κ3) is 2.09. The summed E-state index contributed by atoms with van der Waals surface area (Å²) in [6.07, 6.45) is -1.02. The number of likely N-dealkylation sites (N-methyl/N-ethyl adjacent to an activating group) is 1. The van der Waals surface area contributed by atoms with Crippen molar-refractivity contribution in [3.05, 3.63) is 35.4 Å². The third-order valence-electron chi connectivity index (χ3n) is 3.23. The maximum Gasteiger partial charge on any atom is 0.335 e. The SMILES string of the molecule is Cc1ccccc1[C@@H]1[C@@H](C(=O)O)OCC(=O)N1C. The average Bonchev–Trinajstić information content (AvgIpc) is 2.33. The minimum atomic E-state index is -1.05. The van der Waals surface area contributed by atoms with Crippen LogP contribution in [-0.4, -0.2) is 41.6 Å². The van der Waals surface area contributed by atoms with Gasteiger partial charge in [-0.3, -0.25) is 4.79 Å². The molecule has 1 aliphatic rings. The number of nitrogens with zero attached hydrogens (tertiary/aromatic N) is 1. The third-order valence-corrected chi connectivity index (χ3v) is 3.23. The molecule has 1 aromatic rings. The maximum atomic E-state index is 11.7. The number of carboxylic acids is 1. The second kappa shape index (κ2) is 4.78. The topological polar surface area (TPSA) is 66.8 Å². The number of aryl methyl sites for hydroxylation is 1. The predicted molar refractivity (Wildman–Crippen MR) is 64.1 cm³/mol. The lowest BCUT2D eigenvalue weighted by atomic mass is 9.94. The molecule has 0 spiro atoms. The Balaban J connectivity index is 2.44. The standard InChI is InChI=1S/C13H15NO4/c1-8-5-3-4-6-9(8)11-12(13(16)17)18-7-10(15)14(11)2/h3-6,11-12H,7H2,1-2H3,(H,16,17)/t11-,12+/m1/s1. The van der Waals surface area contributed by atoms with Gasteiger partial charge in [0.05, 0.1) is 6.04 Å². The van der Waals surface area contributed by atoms with Crippen molar-refractivity contribution >= 4 is 11.9 Å². The summed E-state index contributed by atoms with van der Waals surface area (Å²) in [6, 6.07) is 6.84. The zero-order chi connectivity index (χ0) is 13.3. The minimum Gasteiger partial charge on any atom is -0.479 e. The fraction of sp³-hybridized carbons (Fsp3) is 0.385. The monoisotopic (exact) mass is 249 g/mol. The number of hydrogen-bond acceptors (Lipinski definition) is 3. The van der Waals surface area contributed by atoms with Crippen molar-refractivity contribution in [3.8, 4) is 0 Å². The molecule has 0 bridgehead atoms. The summed E-state index contributed by atoms with van der Waals surface area (Å²) in [5, 5.41) is 9.20. The van der Waals surface area contributed by atoms with Crippen molar-refractivity contribution in [2.45, 2.75) is 19.1 Å². The Hall–Kier alpha value is -1.88.